The van der Waals surface area contributed by atoms with Crippen molar-refractivity contribution in [2.75, 3.05) is 56.3 Å². The number of rotatable bonds is 15. The van der Waals surface area contributed by atoms with E-state index in [0.29, 0.717) is 50.1 Å². The van der Waals surface area contributed by atoms with Crippen LogP contribution in [0.2, 0.25) is 0 Å². The highest BCUT2D eigenvalue weighted by atomic mass is 32.2. The van der Waals surface area contributed by atoms with Gasteiger partial charge in [0, 0.05) is 87.2 Å². The molecule has 5 aliphatic rings. The number of aromatic nitrogens is 2. The van der Waals surface area contributed by atoms with Crippen molar-refractivity contribution in [2.45, 2.75) is 107 Å². The van der Waals surface area contributed by atoms with E-state index in [4.69, 9.17) is 14.2 Å². The number of amides is 1. The molecule has 19 heteroatoms. The van der Waals surface area contributed by atoms with Crippen LogP contribution < -0.4 is 29.1 Å². The van der Waals surface area contributed by atoms with Crippen molar-refractivity contribution in [3.05, 3.63) is 136 Å². The van der Waals surface area contributed by atoms with E-state index in [-0.39, 0.29) is 47.0 Å². The molecule has 11 rings (SSSR count). The average Bonchev–Trinajstić information content (AvgIpc) is 4.09. The number of halogens is 1. The quantitative estimate of drug-likeness (QED) is 0.0558. The molecule has 400 valence electrons. The number of anilines is 2. The molecule has 4 N–H and O–H groups in total. The van der Waals surface area contributed by atoms with Crippen LogP contribution >= 0.6 is 0 Å². The van der Waals surface area contributed by atoms with E-state index < -0.39 is 48.4 Å². The van der Waals surface area contributed by atoms with Gasteiger partial charge in [-0.1, -0.05) is 50.2 Å². The number of nitro benzene ring substituents is 1. The Morgan fingerprint density at radius 1 is 0.987 bits per heavy atom. The van der Waals surface area contributed by atoms with E-state index >= 15 is 4.39 Å². The predicted molar refractivity (Wildman–Crippen MR) is 286 cm³/mol. The molecule has 2 aromatic heterocycles. The number of benzene rings is 4. The Morgan fingerprint density at radius 3 is 2.55 bits per heavy atom. The normalized spacial score (nSPS) is 21.9. The first-order chi connectivity index (χ1) is 36.5. The first-order valence-corrected chi connectivity index (χ1v) is 27.9. The van der Waals surface area contributed by atoms with E-state index in [1.165, 1.54) is 35.5 Å². The number of piperidine rings is 1. The smallest absolute Gasteiger partial charge is 0.293 e. The summed E-state index contributed by atoms with van der Waals surface area (Å²) in [6.45, 7) is 11.6. The number of hydrogen-bond donors (Lipinski definition) is 4. The van der Waals surface area contributed by atoms with Crippen LogP contribution in [0.25, 0.3) is 11.0 Å². The number of hydrogen-bond acceptors (Lipinski definition) is 14. The molecule has 1 atom stereocenters. The number of carbonyl (C=O) groups is 1. The van der Waals surface area contributed by atoms with Gasteiger partial charge in [0.2, 0.25) is 6.79 Å². The largest absolute Gasteiger partial charge is 0.455 e. The van der Waals surface area contributed by atoms with Crippen molar-refractivity contribution >= 4 is 44.0 Å². The number of fused-ring (bicyclic) bond motifs is 2. The molecule has 2 saturated carbocycles. The summed E-state index contributed by atoms with van der Waals surface area (Å²) in [6.07, 6.45) is 9.60. The second kappa shape index (κ2) is 20.6. The van der Waals surface area contributed by atoms with Crippen LogP contribution in [0.4, 0.5) is 21.5 Å². The zero-order valence-electron chi connectivity index (χ0n) is 43.1. The fourth-order valence-corrected chi connectivity index (χ4v) is 13.3. The minimum absolute atomic E-state index is 0.0891. The topological polar surface area (TPSA) is 205 Å². The second-order valence-corrected chi connectivity index (χ2v) is 23.8. The van der Waals surface area contributed by atoms with Gasteiger partial charge < -0.3 is 34.5 Å². The fraction of sp³-hybridized carbons (Fsp3) is 0.439. The molecule has 76 heavy (non-hydrogen) atoms. The first-order valence-electron chi connectivity index (χ1n) is 26.5. The average molecular weight is 1060 g/mol. The van der Waals surface area contributed by atoms with Crippen molar-refractivity contribution in [3.63, 3.8) is 0 Å². The van der Waals surface area contributed by atoms with Crippen molar-refractivity contribution in [1.82, 2.24) is 24.5 Å². The molecule has 5 heterocycles. The molecular weight excluding hydrogens is 992 g/mol. The lowest BCUT2D eigenvalue weighted by molar-refractivity contribution is -0.384. The monoisotopic (exact) mass is 1060 g/mol. The van der Waals surface area contributed by atoms with Gasteiger partial charge in [-0.15, -0.1) is 0 Å². The number of para-hydroxylation sites is 1. The molecule has 0 bridgehead atoms. The Kier molecular flexibility index (Phi) is 13.9. The Hall–Kier alpha value is -6.80. The van der Waals surface area contributed by atoms with Crippen LogP contribution in [0.1, 0.15) is 111 Å². The summed E-state index contributed by atoms with van der Waals surface area (Å²) < 4.78 is 64.2. The van der Waals surface area contributed by atoms with Gasteiger partial charge >= 0.3 is 0 Å². The molecule has 2 aliphatic carbocycles. The second-order valence-electron chi connectivity index (χ2n) is 22.2. The highest BCUT2D eigenvalue weighted by Crippen LogP contribution is 2.54. The van der Waals surface area contributed by atoms with Gasteiger partial charge in [0.15, 0.2) is 11.5 Å². The van der Waals surface area contributed by atoms with Gasteiger partial charge in [-0.3, -0.25) is 24.7 Å². The van der Waals surface area contributed by atoms with Crippen molar-refractivity contribution in [1.29, 1.82) is 0 Å². The maximum atomic E-state index is 16.6. The van der Waals surface area contributed by atoms with Crippen molar-refractivity contribution < 1.29 is 41.8 Å². The minimum atomic E-state index is -4.73. The molecule has 1 amide bonds. The minimum Gasteiger partial charge on any atom is -0.455 e. The van der Waals surface area contributed by atoms with Gasteiger partial charge in [0.05, 0.1) is 32.9 Å². The predicted octanol–water partition coefficient (Wildman–Crippen LogP) is 10.0. The fourth-order valence-electron chi connectivity index (χ4n) is 12.3. The highest BCUT2D eigenvalue weighted by molar-refractivity contribution is 7.90. The van der Waals surface area contributed by atoms with Crippen LogP contribution in [0.5, 0.6) is 23.0 Å². The Bertz CT molecular complexity index is 3270. The van der Waals surface area contributed by atoms with Crippen LogP contribution in [0.3, 0.4) is 0 Å². The van der Waals surface area contributed by atoms with Crippen LogP contribution in [-0.4, -0.2) is 102 Å². The molecule has 6 aromatic rings. The standard InChI is InChI=1S/C57H65FN8O9S/c1-36(2)43-8-4-5-9-44(43)50-34-63(33-39-7-6-10-51-53(39)74-35-73-51)23-24-65(50)40-29-57(30-40)18-21-64(22-19-57)48-28-52(75-41-25-38-15-20-59-54(38)61-32-41)45(27-46(48)58)55(67)62-76(71,72)42-11-12-47(49(26-42)66(69)70)60-31-37-13-16-56(3,68)17-14-37/h4-12,15,20,25-28,32,36-37,40,50,60,68H,13-14,16-19,21-24,29-31,33-35H2,1-3H3,(H,59,61)(H,62,67)/t37?,50-,56?/m0/s1. The number of nitro groups is 1. The number of ether oxygens (including phenoxy) is 3. The van der Waals surface area contributed by atoms with Gasteiger partial charge in [0.25, 0.3) is 21.6 Å². The lowest BCUT2D eigenvalue weighted by Crippen LogP contribution is -2.60. The van der Waals surface area contributed by atoms with E-state index in [2.05, 4.69) is 69.3 Å². The number of carbonyl (C=O) groups excluding carboxylic acids is 1. The van der Waals surface area contributed by atoms with Crippen molar-refractivity contribution in [3.8, 4) is 23.0 Å². The SMILES string of the molecule is CC(C)c1ccccc1[C@@H]1CN(Cc2cccc3c2OCO3)CCN1C1CC2(CCN(c3cc(Oc4cnc5[nH]ccc5c4)c(C(=O)NS(=O)(=O)c4ccc(NCC5CCC(C)(O)CC5)c([N+](=O)[O-])c4)cc3F)CC2)C1. The van der Waals surface area contributed by atoms with Gasteiger partial charge in [0.1, 0.15) is 28.7 Å². The maximum absolute atomic E-state index is 16.6. The summed E-state index contributed by atoms with van der Waals surface area (Å²) in [4.78, 5) is 39.8. The number of piperazine rings is 1. The van der Waals surface area contributed by atoms with E-state index in [0.717, 1.165) is 99.3 Å². The molecule has 1 spiro atoms. The number of H-pyrrole nitrogens is 1. The third-order valence-corrected chi connectivity index (χ3v) is 18.0. The summed E-state index contributed by atoms with van der Waals surface area (Å²) >= 11 is 0. The highest BCUT2D eigenvalue weighted by Gasteiger charge is 2.50. The Labute approximate surface area is 441 Å². The number of pyridine rings is 1. The summed E-state index contributed by atoms with van der Waals surface area (Å²) in [6, 6.07) is 24.9. The van der Waals surface area contributed by atoms with Gasteiger partial charge in [-0.25, -0.2) is 22.5 Å². The molecule has 2 saturated heterocycles. The zero-order chi connectivity index (χ0) is 52.9. The lowest BCUT2D eigenvalue weighted by atomic mass is 9.59. The Balaban J connectivity index is 0.794. The molecule has 17 nitrogen and oxygen atoms in total. The molecule has 3 aliphatic heterocycles. The number of nitrogens with zero attached hydrogens (tertiary/aromatic N) is 5. The van der Waals surface area contributed by atoms with Crippen molar-refractivity contribution in [2.24, 2.45) is 11.3 Å². The lowest BCUT2D eigenvalue weighted by Gasteiger charge is -2.58. The summed E-state index contributed by atoms with van der Waals surface area (Å²) in [5.41, 5.74) is 3.28. The van der Waals surface area contributed by atoms with E-state index in [9.17, 15) is 28.4 Å². The van der Waals surface area contributed by atoms with Gasteiger partial charge in [-0.2, -0.15) is 0 Å². The first kappa shape index (κ1) is 51.3. The molecule has 0 unspecified atom stereocenters. The Morgan fingerprint density at radius 2 is 1.78 bits per heavy atom. The number of sulfonamides is 1. The van der Waals surface area contributed by atoms with Gasteiger partial charge in [-0.05, 0) is 123 Å². The maximum Gasteiger partial charge on any atom is 0.293 e. The van der Waals surface area contributed by atoms with Crippen LogP contribution in [0.15, 0.2) is 102 Å². The third-order valence-electron chi connectivity index (χ3n) is 16.7. The molecule has 0 radical (unpaired) electrons. The van der Waals surface area contributed by atoms with E-state index in [1.54, 1.807) is 25.3 Å². The zero-order valence-corrected chi connectivity index (χ0v) is 43.9. The summed E-state index contributed by atoms with van der Waals surface area (Å²) in [5, 5.41) is 26.4. The molecule has 4 fully saturated rings. The molecular formula is C57H65FN8O9S. The van der Waals surface area contributed by atoms with Crippen LogP contribution in [0, 0.1) is 27.3 Å². The number of aliphatic hydroxyl groups is 1. The summed E-state index contributed by atoms with van der Waals surface area (Å²) in [7, 11) is -4.73. The molecule has 4 aromatic carbocycles. The third kappa shape index (κ3) is 10.5. The van der Waals surface area contributed by atoms with E-state index in [1.807, 2.05) is 21.8 Å². The van der Waals surface area contributed by atoms with Crippen LogP contribution in [-0.2, 0) is 16.6 Å². The number of nitrogens with one attached hydrogen (secondary N) is 3. The summed E-state index contributed by atoms with van der Waals surface area (Å²) in [5.74, 6) is 0.394. The number of aromatic amines is 1.